The normalized spacial score (nSPS) is 14.8. The molecule has 0 aliphatic carbocycles. The summed E-state index contributed by atoms with van der Waals surface area (Å²) in [5, 5.41) is 1.91. The molecule has 5 nitrogen and oxygen atoms in total. The Hall–Kier alpha value is -2.37. The summed E-state index contributed by atoms with van der Waals surface area (Å²) < 4.78 is 0. The van der Waals surface area contributed by atoms with Crippen molar-refractivity contribution < 1.29 is 0 Å². The first-order chi connectivity index (χ1) is 13.9. The van der Waals surface area contributed by atoms with Crippen LogP contribution in [0.1, 0.15) is 16.8 Å². The topological polar surface area (TPSA) is 35.5 Å². The van der Waals surface area contributed by atoms with Gasteiger partial charge in [0.15, 0.2) is 0 Å². The van der Waals surface area contributed by atoms with Crippen molar-refractivity contribution in [1.82, 2.24) is 14.9 Å². The predicted molar refractivity (Wildman–Crippen MR) is 122 cm³/mol. The van der Waals surface area contributed by atoms with E-state index in [4.69, 9.17) is 21.6 Å². The number of rotatable bonds is 4. The fourth-order valence-electron chi connectivity index (χ4n) is 4.06. The average molecular weight is 410 g/mol. The Balaban J connectivity index is 1.53. The minimum atomic E-state index is 0.766. The highest BCUT2D eigenvalue weighted by Gasteiger charge is 2.21. The molecule has 0 unspecified atom stereocenters. The van der Waals surface area contributed by atoms with Gasteiger partial charge in [-0.1, -0.05) is 17.7 Å². The molecule has 1 aromatic carbocycles. The van der Waals surface area contributed by atoms with Gasteiger partial charge in [0.25, 0.3) is 0 Å². The maximum absolute atomic E-state index is 6.36. The van der Waals surface area contributed by atoms with Gasteiger partial charge in [0.05, 0.1) is 5.52 Å². The Morgan fingerprint density at radius 3 is 2.38 bits per heavy atom. The van der Waals surface area contributed by atoms with E-state index in [2.05, 4.69) is 60.8 Å². The maximum Gasteiger partial charge on any atom is 0.128 e. The smallest absolute Gasteiger partial charge is 0.128 e. The van der Waals surface area contributed by atoms with E-state index in [9.17, 15) is 0 Å². The van der Waals surface area contributed by atoms with E-state index in [1.54, 1.807) is 0 Å². The van der Waals surface area contributed by atoms with Crippen LogP contribution in [0.25, 0.3) is 10.9 Å². The molecule has 2 aromatic heterocycles. The van der Waals surface area contributed by atoms with E-state index in [-0.39, 0.29) is 0 Å². The lowest BCUT2D eigenvalue weighted by atomic mass is 10.1. The second-order valence-electron chi connectivity index (χ2n) is 8.14. The zero-order valence-corrected chi connectivity index (χ0v) is 18.4. The van der Waals surface area contributed by atoms with Crippen LogP contribution in [-0.2, 0) is 6.54 Å². The van der Waals surface area contributed by atoms with Crippen molar-refractivity contribution in [2.24, 2.45) is 0 Å². The molecule has 0 amide bonds. The molecule has 0 atom stereocenters. The molecule has 0 spiro atoms. The van der Waals surface area contributed by atoms with Gasteiger partial charge in [-0.15, -0.1) is 0 Å². The molecule has 6 heteroatoms. The Bertz CT molecular complexity index is 1010. The van der Waals surface area contributed by atoms with Gasteiger partial charge in [0, 0.05) is 60.7 Å². The number of aryl methyl sites for hydroxylation is 2. The molecular formula is C23H28ClN5. The first-order valence-corrected chi connectivity index (χ1v) is 10.5. The van der Waals surface area contributed by atoms with Crippen LogP contribution in [0.15, 0.2) is 36.5 Å². The summed E-state index contributed by atoms with van der Waals surface area (Å²) in [7, 11) is 4.15. The summed E-state index contributed by atoms with van der Waals surface area (Å²) in [6.45, 7) is 8.85. The van der Waals surface area contributed by atoms with Crippen molar-refractivity contribution in [2.45, 2.75) is 20.4 Å². The van der Waals surface area contributed by atoms with Crippen molar-refractivity contribution in [3.63, 3.8) is 0 Å². The fraction of sp³-hybridized carbons (Fsp3) is 0.391. The quantitative estimate of drug-likeness (QED) is 0.642. The van der Waals surface area contributed by atoms with E-state index in [1.807, 2.05) is 18.3 Å². The van der Waals surface area contributed by atoms with Crippen LogP contribution in [0.5, 0.6) is 0 Å². The van der Waals surface area contributed by atoms with Crippen molar-refractivity contribution in [1.29, 1.82) is 0 Å². The SMILES string of the molecule is Cc1cc(N2CCN(c3ccc(CN(C)C)cn3)CC2)c2cc(Cl)cc(C)c2n1. The maximum atomic E-state index is 6.36. The van der Waals surface area contributed by atoms with Gasteiger partial charge in [-0.3, -0.25) is 4.98 Å². The van der Waals surface area contributed by atoms with E-state index >= 15 is 0 Å². The van der Waals surface area contributed by atoms with Crippen LogP contribution in [0, 0.1) is 13.8 Å². The van der Waals surface area contributed by atoms with Crippen molar-refractivity contribution in [3.8, 4) is 0 Å². The van der Waals surface area contributed by atoms with Crippen molar-refractivity contribution in [3.05, 3.63) is 58.4 Å². The van der Waals surface area contributed by atoms with E-state index < -0.39 is 0 Å². The second kappa shape index (κ2) is 8.17. The fourth-order valence-corrected chi connectivity index (χ4v) is 4.34. The third-order valence-corrected chi connectivity index (χ3v) is 5.65. The number of fused-ring (bicyclic) bond motifs is 1. The minimum absolute atomic E-state index is 0.766. The number of aromatic nitrogens is 2. The van der Waals surface area contributed by atoms with Gasteiger partial charge in [0.1, 0.15) is 5.82 Å². The first kappa shape index (κ1) is 19.9. The van der Waals surface area contributed by atoms with Gasteiger partial charge in [-0.25, -0.2) is 4.98 Å². The highest BCUT2D eigenvalue weighted by atomic mass is 35.5. The van der Waals surface area contributed by atoms with Crippen LogP contribution < -0.4 is 9.80 Å². The number of hydrogen-bond donors (Lipinski definition) is 0. The lowest BCUT2D eigenvalue weighted by Crippen LogP contribution is -2.47. The third kappa shape index (κ3) is 4.31. The molecule has 0 saturated carbocycles. The Kier molecular flexibility index (Phi) is 5.61. The van der Waals surface area contributed by atoms with E-state index in [0.29, 0.717) is 0 Å². The molecule has 1 fully saturated rings. The average Bonchev–Trinajstić information content (AvgIpc) is 2.68. The van der Waals surface area contributed by atoms with Gasteiger partial charge in [-0.2, -0.15) is 0 Å². The number of benzene rings is 1. The highest BCUT2D eigenvalue weighted by Crippen LogP contribution is 2.32. The van der Waals surface area contributed by atoms with E-state index in [1.165, 1.54) is 11.3 Å². The summed E-state index contributed by atoms with van der Waals surface area (Å²) in [4.78, 5) is 16.4. The summed E-state index contributed by atoms with van der Waals surface area (Å²) in [6.07, 6.45) is 1.99. The number of anilines is 2. The number of pyridine rings is 2. The predicted octanol–water partition coefficient (Wildman–Crippen LogP) is 4.29. The van der Waals surface area contributed by atoms with Crippen molar-refractivity contribution >= 4 is 34.0 Å². The zero-order valence-electron chi connectivity index (χ0n) is 17.6. The number of nitrogens with zero attached hydrogens (tertiary/aromatic N) is 5. The second-order valence-corrected chi connectivity index (χ2v) is 8.57. The van der Waals surface area contributed by atoms with Gasteiger partial charge in [0.2, 0.25) is 0 Å². The molecule has 4 rings (SSSR count). The Labute approximate surface area is 177 Å². The molecule has 29 heavy (non-hydrogen) atoms. The molecule has 0 radical (unpaired) electrons. The summed E-state index contributed by atoms with van der Waals surface area (Å²) in [6, 6.07) is 10.5. The molecule has 3 aromatic rings. The van der Waals surface area contributed by atoms with Crippen LogP contribution >= 0.6 is 11.6 Å². The minimum Gasteiger partial charge on any atom is -0.367 e. The van der Waals surface area contributed by atoms with Crippen LogP contribution in [0.2, 0.25) is 5.02 Å². The summed E-state index contributed by atoms with van der Waals surface area (Å²) in [5.74, 6) is 1.06. The molecule has 1 aliphatic heterocycles. The molecule has 0 N–H and O–H groups in total. The number of piperazine rings is 1. The molecular weight excluding hydrogens is 382 g/mol. The van der Waals surface area contributed by atoms with Gasteiger partial charge >= 0.3 is 0 Å². The van der Waals surface area contributed by atoms with Crippen LogP contribution in [0.3, 0.4) is 0 Å². The van der Waals surface area contributed by atoms with Crippen LogP contribution in [-0.4, -0.2) is 55.1 Å². The highest BCUT2D eigenvalue weighted by molar-refractivity contribution is 6.31. The molecule has 152 valence electrons. The summed E-state index contributed by atoms with van der Waals surface area (Å²) in [5.41, 5.74) is 5.68. The van der Waals surface area contributed by atoms with Gasteiger partial charge < -0.3 is 14.7 Å². The summed E-state index contributed by atoms with van der Waals surface area (Å²) >= 11 is 6.36. The standard InChI is InChI=1S/C23H28ClN5/c1-16-11-19(24)13-20-21(12-17(2)26-23(16)20)28-7-9-29(10-8-28)22-6-5-18(14-25-22)15-27(3)4/h5-6,11-14H,7-10,15H2,1-4H3. The van der Waals surface area contributed by atoms with Gasteiger partial charge in [-0.05, 0) is 63.3 Å². The number of halogens is 1. The Morgan fingerprint density at radius 1 is 1.00 bits per heavy atom. The lowest BCUT2D eigenvalue weighted by Gasteiger charge is -2.37. The van der Waals surface area contributed by atoms with E-state index in [0.717, 1.165) is 65.7 Å². The van der Waals surface area contributed by atoms with Crippen LogP contribution in [0.4, 0.5) is 11.5 Å². The monoisotopic (exact) mass is 409 g/mol. The van der Waals surface area contributed by atoms with Crippen molar-refractivity contribution in [2.75, 3.05) is 50.1 Å². The molecule has 0 bridgehead atoms. The number of hydrogen-bond acceptors (Lipinski definition) is 5. The largest absolute Gasteiger partial charge is 0.367 e. The molecule has 1 saturated heterocycles. The molecule has 1 aliphatic rings. The molecule has 3 heterocycles. The third-order valence-electron chi connectivity index (χ3n) is 5.43. The first-order valence-electron chi connectivity index (χ1n) is 10.1. The Morgan fingerprint density at radius 2 is 1.72 bits per heavy atom. The lowest BCUT2D eigenvalue weighted by molar-refractivity contribution is 0.402. The zero-order chi connectivity index (χ0) is 20.5.